The van der Waals surface area contributed by atoms with Crippen LogP contribution >= 0.6 is 0 Å². The van der Waals surface area contributed by atoms with E-state index < -0.39 is 0 Å². The Bertz CT molecular complexity index is 428. The van der Waals surface area contributed by atoms with E-state index in [1.165, 1.54) is 50.5 Å². The Labute approximate surface area is 133 Å². The van der Waals surface area contributed by atoms with E-state index in [1.54, 1.807) is 18.2 Å². The molecule has 0 nitrogen and oxygen atoms in total. The molecule has 0 saturated heterocycles. The molecule has 0 aromatic heterocycles. The molecular weight excluding hydrogens is 278 g/mol. The van der Waals surface area contributed by atoms with Gasteiger partial charge in [-0.25, -0.2) is 8.78 Å². The molecule has 2 rings (SSSR count). The zero-order chi connectivity index (χ0) is 15.6. The standard InChI is InChI=1S/C20H28F2/c21-16-4-2-1-3-5-17-6-8-18(9-7-17)10-11-19-12-14-20(22)15-13-19/h4,12-18H,1-3,5-11H2/b16-4+. The summed E-state index contributed by atoms with van der Waals surface area (Å²) in [7, 11) is 0. The second kappa shape index (κ2) is 9.76. The summed E-state index contributed by atoms with van der Waals surface area (Å²) in [5.41, 5.74) is 1.25. The van der Waals surface area contributed by atoms with Crippen LogP contribution in [-0.4, -0.2) is 0 Å². The lowest BCUT2D eigenvalue weighted by Gasteiger charge is -2.28. The Morgan fingerprint density at radius 1 is 0.909 bits per heavy atom. The lowest BCUT2D eigenvalue weighted by Crippen LogP contribution is -2.15. The summed E-state index contributed by atoms with van der Waals surface area (Å²) in [6.45, 7) is 0. The SMILES string of the molecule is F/C=C/CCCCC1CCC(CCc2ccc(F)cc2)CC1. The van der Waals surface area contributed by atoms with Crippen molar-refractivity contribution in [1.29, 1.82) is 0 Å². The van der Waals surface area contributed by atoms with Crippen molar-refractivity contribution in [1.82, 2.24) is 0 Å². The second-order valence-corrected chi connectivity index (χ2v) is 6.70. The lowest BCUT2D eigenvalue weighted by atomic mass is 9.78. The second-order valence-electron chi connectivity index (χ2n) is 6.70. The highest BCUT2D eigenvalue weighted by atomic mass is 19.1. The van der Waals surface area contributed by atoms with E-state index in [9.17, 15) is 8.78 Å². The van der Waals surface area contributed by atoms with Crippen LogP contribution in [0.25, 0.3) is 0 Å². The predicted molar refractivity (Wildman–Crippen MR) is 88.9 cm³/mol. The van der Waals surface area contributed by atoms with Crippen molar-refractivity contribution in [2.75, 3.05) is 0 Å². The molecule has 0 N–H and O–H groups in total. The summed E-state index contributed by atoms with van der Waals surface area (Å²) in [6, 6.07) is 6.94. The predicted octanol–water partition coefficient (Wildman–Crippen LogP) is 6.61. The molecule has 0 unspecified atom stereocenters. The monoisotopic (exact) mass is 306 g/mol. The first-order chi connectivity index (χ1) is 10.8. The summed E-state index contributed by atoms with van der Waals surface area (Å²) >= 11 is 0. The van der Waals surface area contributed by atoms with Crippen LogP contribution in [0.4, 0.5) is 8.78 Å². The fourth-order valence-electron chi connectivity index (χ4n) is 3.59. The number of benzene rings is 1. The Morgan fingerprint density at radius 3 is 2.18 bits per heavy atom. The molecule has 1 fully saturated rings. The van der Waals surface area contributed by atoms with Crippen LogP contribution in [0.1, 0.15) is 63.4 Å². The number of unbranched alkanes of at least 4 members (excludes halogenated alkanes) is 2. The lowest BCUT2D eigenvalue weighted by molar-refractivity contribution is 0.249. The van der Waals surface area contributed by atoms with Crippen molar-refractivity contribution in [3.05, 3.63) is 48.1 Å². The molecule has 1 aromatic rings. The molecule has 2 heteroatoms. The summed E-state index contributed by atoms with van der Waals surface area (Å²) < 4.78 is 24.7. The molecule has 0 bridgehead atoms. The highest BCUT2D eigenvalue weighted by molar-refractivity contribution is 5.16. The van der Waals surface area contributed by atoms with Crippen molar-refractivity contribution < 1.29 is 8.78 Å². The maximum absolute atomic E-state index is 12.9. The van der Waals surface area contributed by atoms with E-state index in [-0.39, 0.29) is 5.82 Å². The van der Waals surface area contributed by atoms with Crippen LogP contribution in [0.15, 0.2) is 36.7 Å². The van der Waals surface area contributed by atoms with E-state index >= 15 is 0 Å². The number of halogens is 2. The van der Waals surface area contributed by atoms with Gasteiger partial charge in [-0.2, -0.15) is 0 Å². The zero-order valence-electron chi connectivity index (χ0n) is 13.4. The van der Waals surface area contributed by atoms with Gasteiger partial charge in [0.15, 0.2) is 0 Å². The van der Waals surface area contributed by atoms with E-state index in [2.05, 4.69) is 0 Å². The van der Waals surface area contributed by atoms with Gasteiger partial charge >= 0.3 is 0 Å². The maximum atomic E-state index is 12.9. The third-order valence-electron chi connectivity index (χ3n) is 5.04. The van der Waals surface area contributed by atoms with Crippen LogP contribution < -0.4 is 0 Å². The van der Waals surface area contributed by atoms with E-state index in [4.69, 9.17) is 0 Å². The van der Waals surface area contributed by atoms with Gasteiger partial charge in [0.05, 0.1) is 6.33 Å². The Morgan fingerprint density at radius 2 is 1.55 bits per heavy atom. The summed E-state index contributed by atoms with van der Waals surface area (Å²) in [6.07, 6.45) is 14.5. The highest BCUT2D eigenvalue weighted by Crippen LogP contribution is 2.34. The zero-order valence-corrected chi connectivity index (χ0v) is 13.4. The molecule has 1 aromatic carbocycles. The molecule has 0 spiro atoms. The number of aryl methyl sites for hydroxylation is 1. The van der Waals surface area contributed by atoms with Gasteiger partial charge in [0.1, 0.15) is 5.82 Å². The van der Waals surface area contributed by atoms with Gasteiger partial charge in [-0.3, -0.25) is 0 Å². The van der Waals surface area contributed by atoms with Crippen LogP contribution in [-0.2, 0) is 6.42 Å². The molecular formula is C20H28F2. The first-order valence-electron chi connectivity index (χ1n) is 8.77. The van der Waals surface area contributed by atoms with Crippen LogP contribution in [0, 0.1) is 17.7 Å². The van der Waals surface area contributed by atoms with Crippen molar-refractivity contribution in [3.63, 3.8) is 0 Å². The van der Waals surface area contributed by atoms with Gasteiger partial charge in [0.25, 0.3) is 0 Å². The average Bonchev–Trinajstić information content (AvgIpc) is 2.55. The van der Waals surface area contributed by atoms with Gasteiger partial charge in [0, 0.05) is 0 Å². The van der Waals surface area contributed by atoms with Gasteiger partial charge in [-0.15, -0.1) is 0 Å². The average molecular weight is 306 g/mol. The molecule has 0 amide bonds. The molecule has 1 aliphatic carbocycles. The maximum Gasteiger partial charge on any atom is 0.123 e. The number of allylic oxidation sites excluding steroid dienone is 1. The third-order valence-corrected chi connectivity index (χ3v) is 5.04. The quantitative estimate of drug-likeness (QED) is 0.474. The molecule has 1 aliphatic rings. The van der Waals surface area contributed by atoms with Gasteiger partial charge in [-0.05, 0) is 55.2 Å². The van der Waals surface area contributed by atoms with E-state index in [0.717, 1.165) is 31.1 Å². The smallest absolute Gasteiger partial charge is 0.123 e. The minimum atomic E-state index is -0.147. The van der Waals surface area contributed by atoms with Crippen molar-refractivity contribution in [2.45, 2.75) is 64.2 Å². The number of hydrogen-bond donors (Lipinski definition) is 0. The Kier molecular flexibility index (Phi) is 7.62. The largest absolute Gasteiger partial charge is 0.216 e. The third kappa shape index (κ3) is 6.29. The summed E-state index contributed by atoms with van der Waals surface area (Å²) in [5.74, 6) is 1.58. The molecule has 0 heterocycles. The molecule has 0 atom stereocenters. The van der Waals surface area contributed by atoms with E-state index in [0.29, 0.717) is 6.33 Å². The van der Waals surface area contributed by atoms with Crippen molar-refractivity contribution >= 4 is 0 Å². The Balaban J connectivity index is 1.57. The van der Waals surface area contributed by atoms with Crippen molar-refractivity contribution in [3.8, 4) is 0 Å². The first-order valence-corrected chi connectivity index (χ1v) is 8.77. The van der Waals surface area contributed by atoms with Crippen LogP contribution in [0.2, 0.25) is 0 Å². The molecule has 22 heavy (non-hydrogen) atoms. The highest BCUT2D eigenvalue weighted by Gasteiger charge is 2.20. The minimum Gasteiger partial charge on any atom is -0.216 e. The summed E-state index contributed by atoms with van der Waals surface area (Å²) in [5, 5.41) is 0. The first kappa shape index (κ1) is 17.2. The minimum absolute atomic E-state index is 0.147. The Hall–Kier alpha value is -1.18. The topological polar surface area (TPSA) is 0 Å². The molecule has 122 valence electrons. The molecule has 0 radical (unpaired) electrons. The molecule has 0 aliphatic heterocycles. The normalized spacial score (nSPS) is 22.3. The summed E-state index contributed by atoms with van der Waals surface area (Å²) in [4.78, 5) is 0. The van der Waals surface area contributed by atoms with Gasteiger partial charge in [0.2, 0.25) is 0 Å². The number of rotatable bonds is 8. The van der Waals surface area contributed by atoms with Crippen LogP contribution in [0.5, 0.6) is 0 Å². The van der Waals surface area contributed by atoms with Gasteiger partial charge in [-0.1, -0.05) is 56.7 Å². The van der Waals surface area contributed by atoms with Crippen LogP contribution in [0.3, 0.4) is 0 Å². The fourth-order valence-corrected chi connectivity index (χ4v) is 3.59. The van der Waals surface area contributed by atoms with Gasteiger partial charge < -0.3 is 0 Å². The van der Waals surface area contributed by atoms with E-state index in [1.807, 2.05) is 12.1 Å². The molecule has 1 saturated carbocycles. The fraction of sp³-hybridized carbons (Fsp3) is 0.600. The van der Waals surface area contributed by atoms with Crippen molar-refractivity contribution in [2.24, 2.45) is 11.8 Å². The number of hydrogen-bond acceptors (Lipinski definition) is 0.